The molecule has 3 aromatic rings. The average Bonchev–Trinajstić information content (AvgIpc) is 3.23. The van der Waals surface area contributed by atoms with Gasteiger partial charge in [0, 0.05) is 31.7 Å². The summed E-state index contributed by atoms with van der Waals surface area (Å²) >= 11 is 1.55. The zero-order valence-corrected chi connectivity index (χ0v) is 20.6. The normalized spacial score (nSPS) is 14.2. The van der Waals surface area contributed by atoms with Crippen LogP contribution in [0.5, 0.6) is 5.75 Å². The van der Waals surface area contributed by atoms with Crippen molar-refractivity contribution in [2.24, 2.45) is 0 Å². The summed E-state index contributed by atoms with van der Waals surface area (Å²) in [6, 6.07) is 9.86. The molecule has 0 radical (unpaired) electrons. The second-order valence-electron chi connectivity index (χ2n) is 7.97. The van der Waals surface area contributed by atoms with Crippen LogP contribution in [0.3, 0.4) is 0 Å². The highest BCUT2D eigenvalue weighted by atomic mass is 35.5. The first-order valence-electron chi connectivity index (χ1n) is 10.6. The third-order valence-electron chi connectivity index (χ3n) is 5.89. The number of morpholine rings is 1. The number of aryl methyl sites for hydroxylation is 3. The molecule has 2 heterocycles. The lowest BCUT2D eigenvalue weighted by molar-refractivity contribution is 0.0391. The van der Waals surface area contributed by atoms with Gasteiger partial charge < -0.3 is 9.47 Å². The molecule has 0 aliphatic carbocycles. The van der Waals surface area contributed by atoms with Gasteiger partial charge >= 0.3 is 0 Å². The number of hydrogen-bond acceptors (Lipinski definition) is 6. The zero-order chi connectivity index (χ0) is 22.0. The molecule has 172 valence electrons. The molecule has 4 rings (SSSR count). The average molecular weight is 476 g/mol. The van der Waals surface area contributed by atoms with E-state index >= 15 is 0 Å². The van der Waals surface area contributed by atoms with E-state index in [2.05, 4.69) is 18.7 Å². The second-order valence-corrected chi connectivity index (χ2v) is 8.95. The predicted octanol–water partition coefficient (Wildman–Crippen LogP) is 4.63. The van der Waals surface area contributed by atoms with Crippen LogP contribution < -0.4 is 9.64 Å². The highest BCUT2D eigenvalue weighted by Gasteiger charge is 2.24. The Morgan fingerprint density at radius 1 is 1.12 bits per heavy atom. The fourth-order valence-electron chi connectivity index (χ4n) is 3.76. The maximum atomic E-state index is 13.6. The summed E-state index contributed by atoms with van der Waals surface area (Å²) in [7, 11) is 1.65. The number of ether oxygens (including phenoxy) is 2. The Bertz CT molecular complexity index is 1100. The maximum Gasteiger partial charge on any atom is 0.260 e. The molecule has 1 aliphatic heterocycles. The van der Waals surface area contributed by atoms with Crippen LogP contribution in [0.15, 0.2) is 30.3 Å². The third kappa shape index (κ3) is 5.07. The van der Waals surface area contributed by atoms with E-state index in [0.717, 1.165) is 59.9 Å². The van der Waals surface area contributed by atoms with Crippen LogP contribution in [0, 0.1) is 20.8 Å². The van der Waals surface area contributed by atoms with Crippen molar-refractivity contribution in [2.75, 3.05) is 51.4 Å². The van der Waals surface area contributed by atoms with Crippen molar-refractivity contribution in [2.45, 2.75) is 20.8 Å². The van der Waals surface area contributed by atoms with E-state index in [0.29, 0.717) is 17.2 Å². The Morgan fingerprint density at radius 3 is 2.53 bits per heavy atom. The minimum Gasteiger partial charge on any atom is -0.494 e. The number of fused-ring (bicyclic) bond motifs is 1. The van der Waals surface area contributed by atoms with Crippen LogP contribution in [0.25, 0.3) is 10.2 Å². The van der Waals surface area contributed by atoms with Gasteiger partial charge in [0.1, 0.15) is 11.3 Å². The molecule has 1 aliphatic rings. The summed E-state index contributed by atoms with van der Waals surface area (Å²) < 4.78 is 12.0. The Morgan fingerprint density at radius 2 is 1.84 bits per heavy atom. The van der Waals surface area contributed by atoms with Crippen molar-refractivity contribution < 1.29 is 14.3 Å². The van der Waals surface area contributed by atoms with Gasteiger partial charge in [-0.2, -0.15) is 0 Å². The number of rotatable bonds is 6. The van der Waals surface area contributed by atoms with Gasteiger partial charge in [-0.3, -0.25) is 14.6 Å². The molecular weight excluding hydrogens is 446 g/mol. The first-order chi connectivity index (χ1) is 15.0. The monoisotopic (exact) mass is 475 g/mol. The Labute approximate surface area is 199 Å². The number of aromatic nitrogens is 1. The lowest BCUT2D eigenvalue weighted by atomic mass is 10.1. The number of hydrogen-bond donors (Lipinski definition) is 0. The van der Waals surface area contributed by atoms with Gasteiger partial charge in [-0.25, -0.2) is 4.98 Å². The standard InChI is InChI=1S/C24H29N3O3S.ClH/c1-16-5-7-19(15-18(16)3)23(28)27(10-9-26-11-13-30-14-12-26)24-25-21-20(29-4)8-6-17(2)22(21)31-24;/h5-8,15H,9-14H2,1-4H3;1H. The molecule has 32 heavy (non-hydrogen) atoms. The summed E-state index contributed by atoms with van der Waals surface area (Å²) in [5.41, 5.74) is 4.92. The molecule has 0 N–H and O–H groups in total. The maximum absolute atomic E-state index is 13.6. The van der Waals surface area contributed by atoms with E-state index in [1.165, 1.54) is 5.56 Å². The van der Waals surface area contributed by atoms with E-state index in [-0.39, 0.29) is 18.3 Å². The number of thiazole rings is 1. The smallest absolute Gasteiger partial charge is 0.260 e. The van der Waals surface area contributed by atoms with Crippen LogP contribution in [-0.2, 0) is 4.74 Å². The molecule has 0 unspecified atom stereocenters. The largest absolute Gasteiger partial charge is 0.494 e. The lowest BCUT2D eigenvalue weighted by Crippen LogP contribution is -2.43. The topological polar surface area (TPSA) is 54.9 Å². The molecule has 2 aromatic carbocycles. The number of halogens is 1. The van der Waals surface area contributed by atoms with E-state index < -0.39 is 0 Å². The zero-order valence-electron chi connectivity index (χ0n) is 19.0. The Kier molecular flexibility index (Phi) is 8.11. The first kappa shape index (κ1) is 24.5. The summed E-state index contributed by atoms with van der Waals surface area (Å²) in [6.45, 7) is 10.8. The molecule has 0 spiro atoms. The molecule has 6 nitrogen and oxygen atoms in total. The molecular formula is C24H30ClN3O3S. The minimum atomic E-state index is -0.0213. The third-order valence-corrected chi connectivity index (χ3v) is 7.10. The van der Waals surface area contributed by atoms with Gasteiger partial charge in [-0.1, -0.05) is 23.5 Å². The van der Waals surface area contributed by atoms with Crippen molar-refractivity contribution in [3.63, 3.8) is 0 Å². The van der Waals surface area contributed by atoms with Crippen molar-refractivity contribution in [3.8, 4) is 5.75 Å². The van der Waals surface area contributed by atoms with Crippen LogP contribution >= 0.6 is 23.7 Å². The van der Waals surface area contributed by atoms with Crippen LogP contribution in [0.1, 0.15) is 27.0 Å². The van der Waals surface area contributed by atoms with Gasteiger partial charge in [0.25, 0.3) is 5.91 Å². The number of anilines is 1. The predicted molar refractivity (Wildman–Crippen MR) is 133 cm³/mol. The molecule has 1 aromatic heterocycles. The Hall–Kier alpha value is -2.19. The number of carbonyl (C=O) groups is 1. The molecule has 1 fully saturated rings. The van der Waals surface area contributed by atoms with Crippen LogP contribution in [0.2, 0.25) is 0 Å². The van der Waals surface area contributed by atoms with E-state index in [1.54, 1.807) is 18.4 Å². The summed E-state index contributed by atoms with van der Waals surface area (Å²) in [6.07, 6.45) is 0. The van der Waals surface area contributed by atoms with Gasteiger partial charge in [-0.15, -0.1) is 12.4 Å². The summed E-state index contributed by atoms with van der Waals surface area (Å²) in [5, 5.41) is 0.707. The van der Waals surface area contributed by atoms with Gasteiger partial charge in [0.2, 0.25) is 0 Å². The quantitative estimate of drug-likeness (QED) is 0.520. The molecule has 1 amide bonds. The van der Waals surface area contributed by atoms with E-state index in [1.807, 2.05) is 42.2 Å². The summed E-state index contributed by atoms with van der Waals surface area (Å²) in [5.74, 6) is 0.710. The van der Waals surface area contributed by atoms with E-state index in [9.17, 15) is 4.79 Å². The molecule has 0 bridgehead atoms. The van der Waals surface area contributed by atoms with Gasteiger partial charge in [-0.05, 0) is 55.7 Å². The van der Waals surface area contributed by atoms with Crippen molar-refractivity contribution in [1.29, 1.82) is 0 Å². The van der Waals surface area contributed by atoms with Gasteiger partial charge in [0.15, 0.2) is 5.13 Å². The number of benzene rings is 2. The number of amides is 1. The Balaban J connectivity index is 0.00000289. The molecule has 0 saturated carbocycles. The summed E-state index contributed by atoms with van der Waals surface area (Å²) in [4.78, 5) is 22.6. The highest BCUT2D eigenvalue weighted by Crippen LogP contribution is 2.36. The number of carbonyl (C=O) groups excluding carboxylic acids is 1. The van der Waals surface area contributed by atoms with Crippen molar-refractivity contribution >= 4 is 45.0 Å². The van der Waals surface area contributed by atoms with Crippen LogP contribution in [-0.4, -0.2) is 62.3 Å². The van der Waals surface area contributed by atoms with Gasteiger partial charge in [0.05, 0.1) is 25.0 Å². The SMILES string of the molecule is COc1ccc(C)c2sc(N(CCN3CCOCC3)C(=O)c3ccc(C)c(C)c3)nc12.Cl. The van der Waals surface area contributed by atoms with E-state index in [4.69, 9.17) is 14.5 Å². The highest BCUT2D eigenvalue weighted by molar-refractivity contribution is 7.22. The minimum absolute atomic E-state index is 0. The van der Waals surface area contributed by atoms with Crippen molar-refractivity contribution in [3.05, 3.63) is 52.6 Å². The molecule has 0 atom stereocenters. The number of methoxy groups -OCH3 is 1. The second kappa shape index (κ2) is 10.6. The fourth-order valence-corrected chi connectivity index (χ4v) is 4.83. The number of nitrogens with zero attached hydrogens (tertiary/aromatic N) is 3. The van der Waals surface area contributed by atoms with Crippen LogP contribution in [0.4, 0.5) is 5.13 Å². The molecule has 8 heteroatoms. The first-order valence-corrected chi connectivity index (χ1v) is 11.4. The lowest BCUT2D eigenvalue weighted by Gasteiger charge is -2.29. The van der Waals surface area contributed by atoms with Crippen molar-refractivity contribution in [1.82, 2.24) is 9.88 Å². The fraction of sp³-hybridized carbons (Fsp3) is 0.417. The molecule has 1 saturated heterocycles.